The second kappa shape index (κ2) is 6.09. The molecule has 19 heavy (non-hydrogen) atoms. The summed E-state index contributed by atoms with van der Waals surface area (Å²) in [6, 6.07) is 9.64. The number of nitrogen functional groups attached to an aromatic ring is 1. The Balaban J connectivity index is 2.04. The number of hydrogen-bond acceptors (Lipinski definition) is 4. The highest BCUT2D eigenvalue weighted by Gasteiger charge is 2.07. The largest absolute Gasteiger partial charge is 0.397 e. The average Bonchev–Trinajstić information content (AvgIpc) is 2.81. The summed E-state index contributed by atoms with van der Waals surface area (Å²) in [6.07, 6.45) is 0.978. The molecular formula is C14H14BrN3S. The van der Waals surface area contributed by atoms with Gasteiger partial charge in [-0.2, -0.15) is 5.26 Å². The second-order valence-electron chi connectivity index (χ2n) is 4.29. The molecule has 1 aromatic heterocycles. The number of nitrogens with two attached hydrogens (primary N) is 1. The Morgan fingerprint density at radius 2 is 2.21 bits per heavy atom. The molecule has 0 saturated heterocycles. The zero-order valence-electron chi connectivity index (χ0n) is 10.6. The predicted octanol–water partition coefficient (Wildman–Crippen LogP) is 3.64. The van der Waals surface area contributed by atoms with Crippen LogP contribution in [0.25, 0.3) is 0 Å². The van der Waals surface area contributed by atoms with Gasteiger partial charge in [0.2, 0.25) is 0 Å². The summed E-state index contributed by atoms with van der Waals surface area (Å²) in [7, 11) is 2.01. The number of nitriles is 1. The van der Waals surface area contributed by atoms with Gasteiger partial charge in [-0.25, -0.2) is 0 Å². The third-order valence-electron chi connectivity index (χ3n) is 2.88. The molecule has 0 aliphatic heterocycles. The topological polar surface area (TPSA) is 53.0 Å². The van der Waals surface area contributed by atoms with E-state index >= 15 is 0 Å². The second-order valence-corrected chi connectivity index (χ2v) is 6.20. The minimum absolute atomic E-state index is 0.594. The van der Waals surface area contributed by atoms with Crippen LogP contribution in [-0.4, -0.2) is 13.6 Å². The Labute approximate surface area is 125 Å². The number of rotatable bonds is 4. The van der Waals surface area contributed by atoms with Crippen molar-refractivity contribution in [1.29, 1.82) is 5.26 Å². The first kappa shape index (κ1) is 13.9. The molecule has 1 aromatic carbocycles. The van der Waals surface area contributed by atoms with E-state index in [4.69, 9.17) is 11.0 Å². The number of halogens is 1. The molecule has 0 spiro atoms. The fourth-order valence-corrected chi connectivity index (χ4v) is 3.30. The van der Waals surface area contributed by atoms with Gasteiger partial charge in [0, 0.05) is 28.3 Å². The van der Waals surface area contributed by atoms with Crippen molar-refractivity contribution in [2.75, 3.05) is 24.2 Å². The van der Waals surface area contributed by atoms with E-state index in [1.807, 2.05) is 13.1 Å². The summed E-state index contributed by atoms with van der Waals surface area (Å²) in [5.41, 5.74) is 8.18. The molecule has 98 valence electrons. The van der Waals surface area contributed by atoms with Crippen molar-refractivity contribution in [3.63, 3.8) is 0 Å². The summed E-state index contributed by atoms with van der Waals surface area (Å²) in [5.74, 6) is 0. The van der Waals surface area contributed by atoms with E-state index in [1.54, 1.807) is 23.5 Å². The molecule has 0 fully saturated rings. The van der Waals surface area contributed by atoms with Gasteiger partial charge in [-0.1, -0.05) is 0 Å². The predicted molar refractivity (Wildman–Crippen MR) is 84.6 cm³/mol. The van der Waals surface area contributed by atoms with Crippen LogP contribution in [0, 0.1) is 11.3 Å². The molecule has 2 rings (SSSR count). The van der Waals surface area contributed by atoms with E-state index in [9.17, 15) is 0 Å². The number of benzene rings is 1. The summed E-state index contributed by atoms with van der Waals surface area (Å²) in [6.45, 7) is 0.892. The van der Waals surface area contributed by atoms with Crippen molar-refractivity contribution in [3.05, 3.63) is 44.6 Å². The standard InChI is InChI=1S/C14H14BrN3S/c1-18(5-4-12-7-11(15)9-19-12)14-3-2-10(8-16)6-13(14)17/h2-3,6-7,9H,4-5,17H2,1H3. The first-order valence-electron chi connectivity index (χ1n) is 5.84. The maximum atomic E-state index is 8.82. The quantitative estimate of drug-likeness (QED) is 0.867. The smallest absolute Gasteiger partial charge is 0.0992 e. The van der Waals surface area contributed by atoms with Gasteiger partial charge in [-0.15, -0.1) is 11.3 Å². The Morgan fingerprint density at radius 3 is 2.79 bits per heavy atom. The van der Waals surface area contributed by atoms with Crippen molar-refractivity contribution >= 4 is 38.6 Å². The van der Waals surface area contributed by atoms with Crippen LogP contribution in [-0.2, 0) is 6.42 Å². The van der Waals surface area contributed by atoms with E-state index < -0.39 is 0 Å². The number of thiophene rings is 1. The van der Waals surface area contributed by atoms with E-state index in [0.29, 0.717) is 11.3 Å². The van der Waals surface area contributed by atoms with Gasteiger partial charge in [0.15, 0.2) is 0 Å². The van der Waals surface area contributed by atoms with Gasteiger partial charge in [-0.3, -0.25) is 0 Å². The van der Waals surface area contributed by atoms with Crippen LogP contribution >= 0.6 is 27.3 Å². The highest BCUT2D eigenvalue weighted by Crippen LogP contribution is 2.25. The van der Waals surface area contributed by atoms with Gasteiger partial charge in [0.05, 0.1) is 23.0 Å². The Hall–Kier alpha value is -1.51. The number of nitrogens with zero attached hydrogens (tertiary/aromatic N) is 2. The van der Waals surface area contributed by atoms with Crippen molar-refractivity contribution in [1.82, 2.24) is 0 Å². The normalized spacial score (nSPS) is 10.2. The molecule has 0 aliphatic rings. The Kier molecular flexibility index (Phi) is 4.46. The van der Waals surface area contributed by atoms with Crippen molar-refractivity contribution in [3.8, 4) is 6.07 Å². The Morgan fingerprint density at radius 1 is 1.42 bits per heavy atom. The fraction of sp³-hybridized carbons (Fsp3) is 0.214. The lowest BCUT2D eigenvalue weighted by Crippen LogP contribution is -2.21. The van der Waals surface area contributed by atoms with Crippen LogP contribution in [0.4, 0.5) is 11.4 Å². The van der Waals surface area contributed by atoms with Crippen LogP contribution < -0.4 is 10.6 Å². The van der Waals surface area contributed by atoms with Gasteiger partial charge in [0.25, 0.3) is 0 Å². The SMILES string of the molecule is CN(CCc1cc(Br)cs1)c1ccc(C#N)cc1N. The molecule has 0 aliphatic carbocycles. The van der Waals surface area contributed by atoms with Gasteiger partial charge in [-0.05, 0) is 46.6 Å². The van der Waals surface area contributed by atoms with Crippen LogP contribution in [0.15, 0.2) is 34.1 Å². The maximum Gasteiger partial charge on any atom is 0.0992 e. The van der Waals surface area contributed by atoms with E-state index in [0.717, 1.165) is 23.1 Å². The number of likely N-dealkylation sites (N-methyl/N-ethyl adjacent to an activating group) is 1. The molecule has 0 amide bonds. The summed E-state index contributed by atoms with van der Waals surface area (Å²) >= 11 is 5.21. The van der Waals surface area contributed by atoms with E-state index in [-0.39, 0.29) is 0 Å². The fourth-order valence-electron chi connectivity index (χ4n) is 1.85. The van der Waals surface area contributed by atoms with Crippen molar-refractivity contribution < 1.29 is 0 Å². The molecule has 0 saturated carbocycles. The van der Waals surface area contributed by atoms with Crippen LogP contribution in [0.5, 0.6) is 0 Å². The monoisotopic (exact) mass is 335 g/mol. The highest BCUT2D eigenvalue weighted by atomic mass is 79.9. The van der Waals surface area contributed by atoms with Gasteiger partial charge in [0.1, 0.15) is 0 Å². The van der Waals surface area contributed by atoms with Gasteiger partial charge < -0.3 is 10.6 Å². The minimum atomic E-state index is 0.594. The lowest BCUT2D eigenvalue weighted by Gasteiger charge is -2.20. The van der Waals surface area contributed by atoms with Crippen LogP contribution in [0.3, 0.4) is 0 Å². The molecule has 2 N–H and O–H groups in total. The van der Waals surface area contributed by atoms with E-state index in [1.165, 1.54) is 4.88 Å². The number of hydrogen-bond donors (Lipinski definition) is 1. The molecule has 0 radical (unpaired) electrons. The zero-order chi connectivity index (χ0) is 13.8. The molecule has 0 atom stereocenters. The molecule has 5 heteroatoms. The van der Waals surface area contributed by atoms with Gasteiger partial charge >= 0.3 is 0 Å². The van der Waals surface area contributed by atoms with Crippen molar-refractivity contribution in [2.24, 2.45) is 0 Å². The summed E-state index contributed by atoms with van der Waals surface area (Å²) < 4.78 is 1.13. The first-order chi connectivity index (χ1) is 9.10. The summed E-state index contributed by atoms with van der Waals surface area (Å²) in [5, 5.41) is 10.9. The third kappa shape index (κ3) is 3.49. The molecule has 3 nitrogen and oxygen atoms in total. The van der Waals surface area contributed by atoms with Crippen LogP contribution in [0.2, 0.25) is 0 Å². The number of anilines is 2. The molecule has 2 aromatic rings. The first-order valence-corrected chi connectivity index (χ1v) is 7.51. The molecule has 1 heterocycles. The third-order valence-corrected chi connectivity index (χ3v) is 4.64. The zero-order valence-corrected chi connectivity index (χ0v) is 13.0. The highest BCUT2D eigenvalue weighted by molar-refractivity contribution is 9.10. The Bertz CT molecular complexity index is 615. The molecular weight excluding hydrogens is 322 g/mol. The minimum Gasteiger partial charge on any atom is -0.397 e. The van der Waals surface area contributed by atoms with E-state index in [2.05, 4.69) is 38.3 Å². The molecule has 0 bridgehead atoms. The van der Waals surface area contributed by atoms with Crippen LogP contribution in [0.1, 0.15) is 10.4 Å². The molecule has 0 unspecified atom stereocenters. The van der Waals surface area contributed by atoms with Crippen molar-refractivity contribution in [2.45, 2.75) is 6.42 Å². The average molecular weight is 336 g/mol. The lowest BCUT2D eigenvalue weighted by atomic mass is 10.1. The summed E-state index contributed by atoms with van der Waals surface area (Å²) in [4.78, 5) is 3.45. The lowest BCUT2D eigenvalue weighted by molar-refractivity contribution is 0.888. The maximum absolute atomic E-state index is 8.82.